The summed E-state index contributed by atoms with van der Waals surface area (Å²) >= 11 is 5.80. The number of fused-ring (bicyclic) bond motifs is 1. The molecule has 1 aliphatic heterocycles. The second-order valence-electron chi connectivity index (χ2n) is 5.88. The Balaban J connectivity index is 0.00000341. The summed E-state index contributed by atoms with van der Waals surface area (Å²) in [6, 6.07) is 0. The van der Waals surface area contributed by atoms with Gasteiger partial charge in [0.15, 0.2) is 11.5 Å². The number of nitrogens with two attached hydrogens (primary N) is 1. The number of hydrogen-bond donors (Lipinski definition) is 5. The number of phosphoric acid groups is 3. The summed E-state index contributed by atoms with van der Waals surface area (Å²) in [7, 11) is -16.3. The van der Waals surface area contributed by atoms with Gasteiger partial charge in [0.05, 0.1) is 19.0 Å². The van der Waals surface area contributed by atoms with Crippen molar-refractivity contribution in [2.45, 2.75) is 25.2 Å². The maximum atomic E-state index is 11.8. The molecule has 1 radical (unpaired) electrons. The molecule has 16 nitrogen and oxygen atoms in total. The van der Waals surface area contributed by atoms with Crippen molar-refractivity contribution in [1.29, 1.82) is 0 Å². The number of rotatable bonds is 8. The third-order valence-electron chi connectivity index (χ3n) is 3.66. The maximum absolute atomic E-state index is 11.8. The van der Waals surface area contributed by atoms with Crippen molar-refractivity contribution >= 4 is 81.6 Å². The maximum Gasteiger partial charge on any atom is 0.490 e. The van der Waals surface area contributed by atoms with Crippen molar-refractivity contribution in [3.05, 3.63) is 11.6 Å². The zero-order valence-corrected chi connectivity index (χ0v) is 21.0. The first-order chi connectivity index (χ1) is 13.7. The molecule has 2 aromatic rings. The number of anilines is 1. The molecule has 0 spiro atoms. The van der Waals surface area contributed by atoms with Crippen molar-refractivity contribution in [3.8, 4) is 0 Å². The van der Waals surface area contributed by atoms with E-state index in [4.69, 9.17) is 36.8 Å². The van der Waals surface area contributed by atoms with Crippen molar-refractivity contribution < 1.29 is 51.2 Å². The molecule has 0 bridgehead atoms. The van der Waals surface area contributed by atoms with Gasteiger partial charge in [0, 0.05) is 29.6 Å². The van der Waals surface area contributed by atoms with Gasteiger partial charge in [-0.25, -0.2) is 18.7 Å². The normalized spacial score (nSPS) is 23.3. The summed E-state index contributed by atoms with van der Waals surface area (Å²) in [6.07, 6.45) is 0.814. The van der Waals surface area contributed by atoms with Crippen LogP contribution in [-0.2, 0) is 31.6 Å². The van der Waals surface area contributed by atoms with Gasteiger partial charge in [0.1, 0.15) is 11.7 Å². The Morgan fingerprint density at radius 2 is 1.84 bits per heavy atom. The summed E-state index contributed by atoms with van der Waals surface area (Å²) in [4.78, 5) is 47.5. The number of ether oxygens (including phenoxy) is 1. The van der Waals surface area contributed by atoms with E-state index >= 15 is 0 Å². The minimum atomic E-state index is -5.58. The Morgan fingerprint density at radius 1 is 1.16 bits per heavy atom. The molecule has 6 N–H and O–H groups in total. The van der Waals surface area contributed by atoms with Crippen LogP contribution in [0, 0.1) is 0 Å². The van der Waals surface area contributed by atoms with E-state index in [0.29, 0.717) is 24.0 Å². The zero-order chi connectivity index (χ0) is 22.3. The fourth-order valence-electron chi connectivity index (χ4n) is 2.62. The van der Waals surface area contributed by atoms with Crippen molar-refractivity contribution in [3.63, 3.8) is 0 Å². The van der Waals surface area contributed by atoms with Gasteiger partial charge in [-0.1, -0.05) is 0 Å². The first kappa shape index (κ1) is 27.3. The largest absolute Gasteiger partial charge is 0.490 e. The van der Waals surface area contributed by atoms with Crippen LogP contribution in [-0.4, -0.2) is 81.4 Å². The molecule has 2 aromatic heterocycles. The van der Waals surface area contributed by atoms with E-state index < -0.39 is 42.4 Å². The van der Waals surface area contributed by atoms with Crippen LogP contribution in [0.4, 0.5) is 5.82 Å². The van der Waals surface area contributed by atoms with E-state index in [2.05, 4.69) is 28.1 Å². The van der Waals surface area contributed by atoms with Crippen LogP contribution in [0.25, 0.3) is 11.2 Å². The van der Waals surface area contributed by atoms with Crippen molar-refractivity contribution in [1.82, 2.24) is 19.5 Å². The van der Waals surface area contributed by atoms with E-state index in [9.17, 15) is 18.6 Å². The molecule has 31 heavy (non-hydrogen) atoms. The molecule has 4 atom stereocenters. The van der Waals surface area contributed by atoms with Crippen molar-refractivity contribution in [2.24, 2.45) is 0 Å². The monoisotopic (exact) mass is 532 g/mol. The molecule has 21 heteroatoms. The Bertz CT molecular complexity index is 1100. The van der Waals surface area contributed by atoms with Gasteiger partial charge in [0.25, 0.3) is 0 Å². The predicted octanol–water partition coefficient (Wildman–Crippen LogP) is 0.702. The van der Waals surface area contributed by atoms with E-state index in [1.54, 1.807) is 0 Å². The second-order valence-corrected chi connectivity index (χ2v) is 10.6. The van der Waals surface area contributed by atoms with Gasteiger partial charge in [-0.2, -0.15) is 18.6 Å². The van der Waals surface area contributed by atoms with Gasteiger partial charge in [-0.15, -0.1) is 0 Å². The molecule has 3 heterocycles. The molecule has 1 saturated heterocycles. The average molecular weight is 533 g/mol. The quantitative estimate of drug-likeness (QED) is 0.178. The predicted molar refractivity (Wildman–Crippen MR) is 103 cm³/mol. The number of nitrogen functional groups attached to an aromatic ring is 1. The smallest absolute Gasteiger partial charge is 0.382 e. The Kier molecular flexibility index (Phi) is 8.88. The van der Waals surface area contributed by atoms with Gasteiger partial charge in [-0.05, 0) is 24.4 Å². The number of halogens is 1. The summed E-state index contributed by atoms with van der Waals surface area (Å²) in [5.74, 6) is 0.0750. The summed E-state index contributed by atoms with van der Waals surface area (Å²) in [5.41, 5.74) is 6.35. The molecule has 1 fully saturated rings. The van der Waals surface area contributed by atoms with Crippen LogP contribution in [0.1, 0.15) is 19.1 Å². The molecule has 4 unspecified atom stereocenters. The average Bonchev–Trinajstić information content (AvgIpc) is 3.15. The van der Waals surface area contributed by atoms with E-state index in [0.717, 1.165) is 0 Å². The molecular weight excluding hydrogens is 517 g/mol. The molecule has 1 aliphatic rings. The number of hydrogen-bond acceptors (Lipinski definition) is 11. The second kappa shape index (κ2) is 10.1. The van der Waals surface area contributed by atoms with Gasteiger partial charge < -0.3 is 30.0 Å². The molecular formula is C10H15ClN5NaO11P3. The number of phosphoric ester groups is 1. The summed E-state index contributed by atoms with van der Waals surface area (Å²) in [6.45, 7) is -0.551. The Hall–Kier alpha value is 0.01000. The molecule has 169 valence electrons. The number of aromatic nitrogens is 4. The van der Waals surface area contributed by atoms with Gasteiger partial charge >= 0.3 is 23.5 Å². The number of imidazole rings is 1. The van der Waals surface area contributed by atoms with E-state index in [1.807, 2.05) is 0 Å². The van der Waals surface area contributed by atoms with E-state index in [-0.39, 0.29) is 40.7 Å². The molecule has 0 aliphatic carbocycles. The van der Waals surface area contributed by atoms with Crippen LogP contribution in [0.15, 0.2) is 6.33 Å². The Labute approximate surface area is 200 Å². The SMILES string of the molecule is Nc1nc(Cl)nc2c1ncn2C1CCC(COP(=O)(O)OP(=O)(O)OP(=O)(O)O)O1.[Na]. The van der Waals surface area contributed by atoms with Crippen LogP contribution >= 0.6 is 35.1 Å². The topological polar surface area (TPSA) is 239 Å². The third kappa shape index (κ3) is 7.51. The van der Waals surface area contributed by atoms with Crippen LogP contribution < -0.4 is 5.73 Å². The minimum Gasteiger partial charge on any atom is -0.382 e. The fourth-order valence-corrected chi connectivity index (χ4v) is 5.84. The first-order valence-electron chi connectivity index (χ1n) is 7.84. The summed E-state index contributed by atoms with van der Waals surface area (Å²) in [5, 5.41) is -0.0936. The molecule has 0 aromatic carbocycles. The third-order valence-corrected chi connectivity index (χ3v) is 7.63. The van der Waals surface area contributed by atoms with Crippen molar-refractivity contribution in [2.75, 3.05) is 12.3 Å². The summed E-state index contributed by atoms with van der Waals surface area (Å²) < 4.78 is 52.7. The van der Waals surface area contributed by atoms with Crippen LogP contribution in [0.2, 0.25) is 5.28 Å². The Morgan fingerprint density at radius 3 is 2.48 bits per heavy atom. The number of nitrogens with zero attached hydrogens (tertiary/aromatic N) is 4. The van der Waals surface area contributed by atoms with Gasteiger partial charge in [-0.3, -0.25) is 9.09 Å². The standard InChI is InChI=1S/C10H15ClN5O11P3.Na/c11-10-14-8(12)7-9(15-10)16(4-13-7)6-2-1-5(25-6)3-24-29(20,21)27-30(22,23)26-28(17,18)19;/h4-6H,1-3H2,(H,20,21)(H,22,23)(H2,12,14,15)(H2,17,18,19);. The fraction of sp³-hybridized carbons (Fsp3) is 0.500. The molecule has 0 amide bonds. The van der Waals surface area contributed by atoms with Crippen LogP contribution in [0.3, 0.4) is 0 Å². The first-order valence-corrected chi connectivity index (χ1v) is 12.7. The zero-order valence-electron chi connectivity index (χ0n) is 15.6. The van der Waals surface area contributed by atoms with Gasteiger partial charge in [0.2, 0.25) is 5.28 Å². The molecule has 0 saturated carbocycles. The molecule has 3 rings (SSSR count). The van der Waals surface area contributed by atoms with Crippen LogP contribution in [0.5, 0.6) is 0 Å². The minimum absolute atomic E-state index is 0. The van der Waals surface area contributed by atoms with E-state index in [1.165, 1.54) is 10.9 Å².